The number of aryl methyl sites for hydroxylation is 1. The Morgan fingerprint density at radius 1 is 1.35 bits per heavy atom. The molecular weight excluding hydrogens is 210 g/mol. The highest BCUT2D eigenvalue weighted by Gasteiger charge is 2.32. The lowest BCUT2D eigenvalue weighted by Crippen LogP contribution is -2.41. The van der Waals surface area contributed by atoms with Crippen LogP contribution in [0.4, 0.5) is 0 Å². The number of hydrogen-bond donors (Lipinski definition) is 1. The van der Waals surface area contributed by atoms with Gasteiger partial charge in [-0.3, -0.25) is 4.68 Å². The lowest BCUT2D eigenvalue weighted by atomic mass is 9.83. The maximum atomic E-state index is 4.44. The first-order valence-electron chi connectivity index (χ1n) is 7.08. The van der Waals surface area contributed by atoms with Crippen molar-refractivity contribution in [1.29, 1.82) is 0 Å². The van der Waals surface area contributed by atoms with Gasteiger partial charge in [0.15, 0.2) is 0 Å². The SMILES string of the molecule is CCCC1(c2cnn(CC)c2)CCCCCN1. The molecule has 2 heterocycles. The van der Waals surface area contributed by atoms with Crippen LogP contribution in [-0.4, -0.2) is 16.3 Å². The second-order valence-corrected chi connectivity index (χ2v) is 5.15. The third kappa shape index (κ3) is 2.71. The van der Waals surface area contributed by atoms with Crippen molar-refractivity contribution < 1.29 is 0 Å². The molecule has 17 heavy (non-hydrogen) atoms. The zero-order valence-electron chi connectivity index (χ0n) is 11.2. The molecule has 1 saturated heterocycles. The standard InChI is InChI=1S/C14H25N3/c1-3-8-14(9-6-5-7-10-15-14)13-11-16-17(4-2)12-13/h11-12,15H,3-10H2,1-2H3. The molecule has 1 aliphatic heterocycles. The average Bonchev–Trinajstić information content (AvgIpc) is 2.71. The Hall–Kier alpha value is -0.830. The number of aromatic nitrogens is 2. The molecule has 0 saturated carbocycles. The van der Waals surface area contributed by atoms with E-state index in [0.717, 1.165) is 13.1 Å². The molecule has 1 aromatic heterocycles. The summed E-state index contributed by atoms with van der Waals surface area (Å²) in [6, 6.07) is 0. The van der Waals surface area contributed by atoms with Crippen molar-refractivity contribution in [3.8, 4) is 0 Å². The molecule has 1 unspecified atom stereocenters. The second kappa shape index (κ2) is 5.67. The summed E-state index contributed by atoms with van der Waals surface area (Å²) in [6.07, 6.45) is 12.0. The van der Waals surface area contributed by atoms with E-state index in [0.29, 0.717) is 0 Å². The normalized spacial score (nSPS) is 25.8. The smallest absolute Gasteiger partial charge is 0.0540 e. The summed E-state index contributed by atoms with van der Waals surface area (Å²) < 4.78 is 2.04. The Bertz CT molecular complexity index is 335. The molecule has 1 N–H and O–H groups in total. The predicted molar refractivity (Wildman–Crippen MR) is 71.0 cm³/mol. The molecule has 96 valence electrons. The van der Waals surface area contributed by atoms with E-state index in [4.69, 9.17) is 0 Å². The third-order valence-corrected chi connectivity index (χ3v) is 3.93. The van der Waals surface area contributed by atoms with Crippen LogP contribution in [0.1, 0.15) is 57.9 Å². The molecule has 3 heteroatoms. The first-order chi connectivity index (χ1) is 8.30. The molecule has 0 aliphatic carbocycles. The molecule has 3 nitrogen and oxygen atoms in total. The number of hydrogen-bond acceptors (Lipinski definition) is 2. The Balaban J connectivity index is 2.24. The number of rotatable bonds is 4. The lowest BCUT2D eigenvalue weighted by Gasteiger charge is -2.33. The highest BCUT2D eigenvalue weighted by Crippen LogP contribution is 2.33. The Kier molecular flexibility index (Phi) is 4.21. The minimum absolute atomic E-state index is 0.193. The van der Waals surface area contributed by atoms with E-state index in [2.05, 4.69) is 36.7 Å². The molecule has 1 atom stereocenters. The van der Waals surface area contributed by atoms with E-state index in [1.54, 1.807) is 0 Å². The van der Waals surface area contributed by atoms with Gasteiger partial charge in [0.1, 0.15) is 0 Å². The summed E-state index contributed by atoms with van der Waals surface area (Å²) >= 11 is 0. The second-order valence-electron chi connectivity index (χ2n) is 5.15. The Morgan fingerprint density at radius 2 is 2.24 bits per heavy atom. The van der Waals surface area contributed by atoms with Crippen LogP contribution in [0, 0.1) is 0 Å². The zero-order chi connectivity index (χ0) is 12.1. The van der Waals surface area contributed by atoms with Crippen molar-refractivity contribution in [2.24, 2.45) is 0 Å². The van der Waals surface area contributed by atoms with Gasteiger partial charge >= 0.3 is 0 Å². The van der Waals surface area contributed by atoms with Crippen LogP contribution in [0.3, 0.4) is 0 Å². The summed E-state index contributed by atoms with van der Waals surface area (Å²) in [4.78, 5) is 0. The van der Waals surface area contributed by atoms with Crippen LogP contribution < -0.4 is 5.32 Å². The average molecular weight is 235 g/mol. The molecule has 0 aromatic carbocycles. The topological polar surface area (TPSA) is 29.9 Å². The minimum Gasteiger partial charge on any atom is -0.307 e. The van der Waals surface area contributed by atoms with Crippen molar-refractivity contribution in [3.63, 3.8) is 0 Å². The number of nitrogens with one attached hydrogen (secondary N) is 1. The van der Waals surface area contributed by atoms with E-state index in [9.17, 15) is 0 Å². The molecule has 1 aromatic rings. The van der Waals surface area contributed by atoms with Gasteiger partial charge in [-0.15, -0.1) is 0 Å². The highest BCUT2D eigenvalue weighted by molar-refractivity contribution is 5.19. The third-order valence-electron chi connectivity index (χ3n) is 3.93. The fraction of sp³-hybridized carbons (Fsp3) is 0.786. The molecule has 2 rings (SSSR count). The Labute approximate surface area is 105 Å². The minimum atomic E-state index is 0.193. The van der Waals surface area contributed by atoms with Crippen LogP contribution in [0.5, 0.6) is 0 Å². The zero-order valence-corrected chi connectivity index (χ0v) is 11.2. The van der Waals surface area contributed by atoms with Gasteiger partial charge in [0.05, 0.1) is 6.20 Å². The lowest BCUT2D eigenvalue weighted by molar-refractivity contribution is 0.297. The van der Waals surface area contributed by atoms with E-state index in [1.165, 1.54) is 44.1 Å². The summed E-state index contributed by atoms with van der Waals surface area (Å²) in [5, 5.41) is 8.24. The van der Waals surface area contributed by atoms with Gasteiger partial charge in [-0.25, -0.2) is 0 Å². The van der Waals surface area contributed by atoms with E-state index in [1.807, 2.05) is 4.68 Å². The summed E-state index contributed by atoms with van der Waals surface area (Å²) in [5.41, 5.74) is 1.58. The van der Waals surface area contributed by atoms with Gasteiger partial charge in [-0.1, -0.05) is 26.2 Å². The van der Waals surface area contributed by atoms with Crippen molar-refractivity contribution in [3.05, 3.63) is 18.0 Å². The van der Waals surface area contributed by atoms with Crippen molar-refractivity contribution in [1.82, 2.24) is 15.1 Å². The van der Waals surface area contributed by atoms with Crippen LogP contribution >= 0.6 is 0 Å². The molecule has 0 amide bonds. The van der Waals surface area contributed by atoms with Gasteiger partial charge in [0, 0.05) is 23.8 Å². The maximum Gasteiger partial charge on any atom is 0.0540 e. The van der Waals surface area contributed by atoms with Crippen LogP contribution in [0.2, 0.25) is 0 Å². The van der Waals surface area contributed by atoms with Crippen molar-refractivity contribution in [2.45, 2.75) is 64.5 Å². The Morgan fingerprint density at radius 3 is 2.94 bits per heavy atom. The summed E-state index contributed by atoms with van der Waals surface area (Å²) in [7, 11) is 0. The molecule has 0 bridgehead atoms. The fourth-order valence-electron chi connectivity index (χ4n) is 2.96. The van der Waals surface area contributed by atoms with Crippen molar-refractivity contribution in [2.75, 3.05) is 6.54 Å². The van der Waals surface area contributed by atoms with Gasteiger partial charge < -0.3 is 5.32 Å². The molecule has 1 aliphatic rings. The van der Waals surface area contributed by atoms with Crippen molar-refractivity contribution >= 4 is 0 Å². The van der Waals surface area contributed by atoms with Gasteiger partial charge in [-0.2, -0.15) is 5.10 Å². The highest BCUT2D eigenvalue weighted by atomic mass is 15.3. The van der Waals surface area contributed by atoms with Gasteiger partial charge in [0.2, 0.25) is 0 Å². The first-order valence-corrected chi connectivity index (χ1v) is 7.08. The van der Waals surface area contributed by atoms with E-state index >= 15 is 0 Å². The largest absolute Gasteiger partial charge is 0.307 e. The molecule has 0 radical (unpaired) electrons. The van der Waals surface area contributed by atoms with E-state index < -0.39 is 0 Å². The van der Waals surface area contributed by atoms with Crippen LogP contribution in [0.25, 0.3) is 0 Å². The van der Waals surface area contributed by atoms with Gasteiger partial charge in [-0.05, 0) is 32.7 Å². The maximum absolute atomic E-state index is 4.44. The van der Waals surface area contributed by atoms with Crippen LogP contribution in [0.15, 0.2) is 12.4 Å². The van der Waals surface area contributed by atoms with E-state index in [-0.39, 0.29) is 5.54 Å². The number of nitrogens with zero attached hydrogens (tertiary/aromatic N) is 2. The summed E-state index contributed by atoms with van der Waals surface area (Å²) in [6.45, 7) is 6.53. The summed E-state index contributed by atoms with van der Waals surface area (Å²) in [5.74, 6) is 0. The fourth-order valence-corrected chi connectivity index (χ4v) is 2.96. The monoisotopic (exact) mass is 235 g/mol. The van der Waals surface area contributed by atoms with Crippen LogP contribution in [-0.2, 0) is 12.1 Å². The predicted octanol–water partition coefficient (Wildman–Crippen LogP) is 3.06. The first kappa shape index (κ1) is 12.6. The quantitative estimate of drug-likeness (QED) is 0.869. The van der Waals surface area contributed by atoms with Gasteiger partial charge in [0.25, 0.3) is 0 Å². The molecule has 0 spiro atoms. The molecule has 1 fully saturated rings. The molecular formula is C14H25N3.